The summed E-state index contributed by atoms with van der Waals surface area (Å²) in [7, 11) is -3.61. The van der Waals surface area contributed by atoms with E-state index < -0.39 is 10.0 Å². The van der Waals surface area contributed by atoms with Crippen LogP contribution in [0.5, 0.6) is 0 Å². The second-order valence-corrected chi connectivity index (χ2v) is 10.6. The number of nitrogens with zero attached hydrogens (tertiary/aromatic N) is 3. The van der Waals surface area contributed by atoms with Crippen LogP contribution in [0.15, 0.2) is 23.1 Å². The van der Waals surface area contributed by atoms with Gasteiger partial charge in [-0.2, -0.15) is 0 Å². The summed E-state index contributed by atoms with van der Waals surface area (Å²) in [5.74, 6) is -0.132. The number of fused-ring (bicyclic) bond motifs is 1. The van der Waals surface area contributed by atoms with Gasteiger partial charge >= 0.3 is 0 Å². The van der Waals surface area contributed by atoms with Crippen molar-refractivity contribution in [1.29, 1.82) is 0 Å². The zero-order valence-electron chi connectivity index (χ0n) is 19.3. The van der Waals surface area contributed by atoms with Crippen LogP contribution in [-0.4, -0.2) is 88.6 Å². The van der Waals surface area contributed by atoms with Gasteiger partial charge in [0.25, 0.3) is 0 Å². The summed E-state index contributed by atoms with van der Waals surface area (Å²) in [4.78, 5) is 31.1. The summed E-state index contributed by atoms with van der Waals surface area (Å²) in [5, 5.41) is 0. The van der Waals surface area contributed by atoms with E-state index in [0.717, 1.165) is 37.2 Å². The molecule has 9 nitrogen and oxygen atoms in total. The van der Waals surface area contributed by atoms with Gasteiger partial charge in [0.2, 0.25) is 21.8 Å². The molecule has 10 heteroatoms. The second kappa shape index (κ2) is 10.5. The van der Waals surface area contributed by atoms with Crippen molar-refractivity contribution < 1.29 is 22.7 Å². The van der Waals surface area contributed by atoms with Crippen molar-refractivity contribution in [3.05, 3.63) is 23.8 Å². The lowest BCUT2D eigenvalue weighted by Gasteiger charge is -2.27. The maximum Gasteiger partial charge on any atom is 0.240 e. The summed E-state index contributed by atoms with van der Waals surface area (Å²) >= 11 is 0. The number of ether oxygens (including phenoxy) is 1. The molecule has 1 atom stereocenters. The van der Waals surface area contributed by atoms with Gasteiger partial charge in [0.05, 0.1) is 18.1 Å². The van der Waals surface area contributed by atoms with Crippen LogP contribution < -0.4 is 9.62 Å². The molecule has 33 heavy (non-hydrogen) atoms. The fraction of sp³-hybridized carbons (Fsp3) is 0.652. The van der Waals surface area contributed by atoms with Crippen LogP contribution in [0.4, 0.5) is 5.69 Å². The van der Waals surface area contributed by atoms with Crippen molar-refractivity contribution in [2.45, 2.75) is 50.0 Å². The molecule has 2 fully saturated rings. The van der Waals surface area contributed by atoms with E-state index in [4.69, 9.17) is 4.74 Å². The van der Waals surface area contributed by atoms with Gasteiger partial charge in [0.15, 0.2) is 0 Å². The molecule has 0 spiro atoms. The monoisotopic (exact) mass is 478 g/mol. The van der Waals surface area contributed by atoms with Gasteiger partial charge in [-0.3, -0.25) is 14.5 Å². The molecule has 4 rings (SSSR count). The third-order valence-corrected chi connectivity index (χ3v) is 8.31. The average Bonchev–Trinajstić information content (AvgIpc) is 3.47. The number of rotatable bonds is 8. The number of hydrogen-bond acceptors (Lipinski definition) is 6. The molecular weight excluding hydrogens is 444 g/mol. The molecule has 3 aliphatic rings. The Labute approximate surface area is 196 Å². The van der Waals surface area contributed by atoms with Crippen LogP contribution in [-0.2, 0) is 30.8 Å². The zero-order chi connectivity index (χ0) is 23.4. The number of nitrogens with one attached hydrogen (secondary N) is 1. The molecule has 3 heterocycles. The summed E-state index contributed by atoms with van der Waals surface area (Å²) in [6, 6.07) is 5.20. The van der Waals surface area contributed by atoms with Crippen molar-refractivity contribution in [3.63, 3.8) is 0 Å². The van der Waals surface area contributed by atoms with Crippen LogP contribution in [0.1, 0.15) is 38.2 Å². The highest BCUT2D eigenvalue weighted by Crippen LogP contribution is 2.31. The summed E-state index contributed by atoms with van der Waals surface area (Å²) < 4.78 is 33.8. The molecule has 3 aliphatic heterocycles. The fourth-order valence-corrected chi connectivity index (χ4v) is 6.08. The van der Waals surface area contributed by atoms with Gasteiger partial charge in [-0.1, -0.05) is 6.92 Å². The molecule has 0 bridgehead atoms. The predicted octanol–water partition coefficient (Wildman–Crippen LogP) is 0.977. The first-order chi connectivity index (χ1) is 15.9. The third kappa shape index (κ3) is 5.56. The van der Waals surface area contributed by atoms with Gasteiger partial charge < -0.3 is 14.5 Å². The van der Waals surface area contributed by atoms with E-state index >= 15 is 0 Å². The minimum absolute atomic E-state index is 0.0255. The largest absolute Gasteiger partial charge is 0.378 e. The van der Waals surface area contributed by atoms with Gasteiger partial charge in [-0.05, 0) is 56.1 Å². The number of carbonyl (C=O) groups excluding carboxylic acids is 2. The maximum absolute atomic E-state index is 12.9. The van der Waals surface area contributed by atoms with Gasteiger partial charge in [-0.15, -0.1) is 0 Å². The van der Waals surface area contributed by atoms with E-state index in [-0.39, 0.29) is 35.6 Å². The molecule has 1 aromatic carbocycles. The Bertz CT molecular complexity index is 977. The number of sulfonamides is 1. The van der Waals surface area contributed by atoms with Gasteiger partial charge in [-0.25, -0.2) is 13.1 Å². The Kier molecular flexibility index (Phi) is 7.68. The smallest absolute Gasteiger partial charge is 0.240 e. The number of anilines is 1. The number of likely N-dealkylation sites (tertiary alicyclic amines) is 1. The zero-order valence-corrected chi connectivity index (χ0v) is 20.1. The Morgan fingerprint density at radius 3 is 2.61 bits per heavy atom. The van der Waals surface area contributed by atoms with Gasteiger partial charge in [0.1, 0.15) is 0 Å². The number of morpholine rings is 1. The van der Waals surface area contributed by atoms with Crippen LogP contribution >= 0.6 is 0 Å². The van der Waals surface area contributed by atoms with Crippen LogP contribution in [0.25, 0.3) is 0 Å². The summed E-state index contributed by atoms with van der Waals surface area (Å²) in [6.45, 7) is 7.17. The predicted molar refractivity (Wildman–Crippen MR) is 125 cm³/mol. The highest BCUT2D eigenvalue weighted by atomic mass is 32.2. The van der Waals surface area contributed by atoms with Crippen molar-refractivity contribution in [2.75, 3.05) is 57.4 Å². The molecule has 0 saturated carbocycles. The topological polar surface area (TPSA) is 99.3 Å². The molecule has 0 aliphatic carbocycles. The molecule has 2 saturated heterocycles. The Hall–Kier alpha value is -2.01. The lowest BCUT2D eigenvalue weighted by atomic mass is 10.2. The summed E-state index contributed by atoms with van der Waals surface area (Å²) in [5.41, 5.74) is 1.59. The lowest BCUT2D eigenvalue weighted by Crippen LogP contribution is -2.41. The van der Waals surface area contributed by atoms with Crippen molar-refractivity contribution in [1.82, 2.24) is 14.5 Å². The van der Waals surface area contributed by atoms with Crippen LogP contribution in [0.2, 0.25) is 0 Å². The first-order valence-corrected chi connectivity index (χ1v) is 13.4. The molecule has 2 amide bonds. The number of hydrogen-bond donors (Lipinski definition) is 1. The van der Waals surface area contributed by atoms with E-state index in [9.17, 15) is 18.0 Å². The molecule has 0 aromatic heterocycles. The molecule has 0 radical (unpaired) electrons. The van der Waals surface area contributed by atoms with E-state index in [1.807, 2.05) is 0 Å². The van der Waals surface area contributed by atoms with Gasteiger partial charge in [0, 0.05) is 50.7 Å². The Morgan fingerprint density at radius 1 is 1.09 bits per heavy atom. The lowest BCUT2D eigenvalue weighted by molar-refractivity contribution is -0.136. The first kappa shape index (κ1) is 24.1. The Balaban J connectivity index is 1.35. The highest BCUT2D eigenvalue weighted by molar-refractivity contribution is 7.89. The van der Waals surface area contributed by atoms with Crippen LogP contribution in [0.3, 0.4) is 0 Å². The van der Waals surface area contributed by atoms with Crippen molar-refractivity contribution in [2.24, 2.45) is 0 Å². The molecule has 1 N–H and O–H groups in total. The normalized spacial score (nSPS) is 21.4. The number of benzene rings is 1. The molecular formula is C23H34N4O5S. The fourth-order valence-electron chi connectivity index (χ4n) is 4.96. The summed E-state index contributed by atoms with van der Waals surface area (Å²) in [6.07, 6.45) is 3.03. The van der Waals surface area contributed by atoms with E-state index in [1.54, 1.807) is 28.0 Å². The minimum atomic E-state index is -3.61. The maximum atomic E-state index is 12.9. The Morgan fingerprint density at radius 2 is 1.85 bits per heavy atom. The van der Waals surface area contributed by atoms with E-state index in [0.29, 0.717) is 45.8 Å². The average molecular weight is 479 g/mol. The highest BCUT2D eigenvalue weighted by Gasteiger charge is 2.29. The van der Waals surface area contributed by atoms with E-state index in [1.165, 1.54) is 0 Å². The quantitative estimate of drug-likeness (QED) is 0.598. The van der Waals surface area contributed by atoms with Crippen molar-refractivity contribution >= 4 is 27.5 Å². The first-order valence-electron chi connectivity index (χ1n) is 11.9. The number of carbonyl (C=O) groups is 2. The molecule has 0 unspecified atom stereocenters. The van der Waals surface area contributed by atoms with E-state index in [2.05, 4.69) is 16.5 Å². The SMILES string of the molecule is CCN1CCC[C@H]1CNS(=O)(=O)c1ccc2c(c1)CCN2C(=O)CCC(=O)N1CCOCC1. The molecule has 1 aromatic rings. The van der Waals surface area contributed by atoms with Crippen molar-refractivity contribution in [3.8, 4) is 0 Å². The number of amides is 2. The van der Waals surface area contributed by atoms with Crippen LogP contribution in [0, 0.1) is 0 Å². The standard InChI is InChI=1S/C23H34N4O5S/c1-2-25-10-3-4-19(25)17-24-33(30,31)20-5-6-21-18(16-20)9-11-27(21)23(29)8-7-22(28)26-12-14-32-15-13-26/h5-6,16,19,24H,2-4,7-15,17H2,1H3/t19-/m0/s1. The third-order valence-electron chi connectivity index (χ3n) is 6.89. The molecule has 182 valence electrons. The minimum Gasteiger partial charge on any atom is -0.378 e. The number of likely N-dealkylation sites (N-methyl/N-ethyl adjacent to an activating group) is 1. The second-order valence-electron chi connectivity index (χ2n) is 8.86.